The molecule has 1 aliphatic heterocycles. The first kappa shape index (κ1) is 12.6. The van der Waals surface area contributed by atoms with Gasteiger partial charge in [0.1, 0.15) is 11.1 Å². The molecule has 0 spiro atoms. The van der Waals surface area contributed by atoms with Crippen molar-refractivity contribution in [1.82, 2.24) is 0 Å². The van der Waals surface area contributed by atoms with Crippen molar-refractivity contribution in [3.8, 4) is 6.07 Å². The van der Waals surface area contributed by atoms with E-state index >= 15 is 0 Å². The van der Waals surface area contributed by atoms with Gasteiger partial charge in [0.25, 0.3) is 0 Å². The fourth-order valence-corrected chi connectivity index (χ4v) is 6.11. The number of carbonyl (C=O) groups is 2. The third kappa shape index (κ3) is 1.32. The second-order valence-electron chi connectivity index (χ2n) is 6.66. The molecular formula is C17H14N2O2S. The largest absolute Gasteiger partial charge is 0.274 e. The summed E-state index contributed by atoms with van der Waals surface area (Å²) in [5.74, 6) is -0.105. The first-order valence-corrected chi connectivity index (χ1v) is 8.63. The number of imide groups is 1. The Kier molecular flexibility index (Phi) is 2.34. The molecule has 1 saturated carbocycles. The highest BCUT2D eigenvalue weighted by Crippen LogP contribution is 2.54. The number of hydrogen-bond donors (Lipinski definition) is 0. The predicted octanol–water partition coefficient (Wildman–Crippen LogP) is 2.42. The van der Waals surface area contributed by atoms with E-state index in [4.69, 9.17) is 0 Å². The average Bonchev–Trinajstić information content (AvgIpc) is 3.26. The highest BCUT2D eigenvalue weighted by molar-refractivity contribution is 7.17. The van der Waals surface area contributed by atoms with Crippen LogP contribution in [0, 0.1) is 35.0 Å². The maximum atomic E-state index is 12.9. The number of allylic oxidation sites excluding steroid dienone is 2. The van der Waals surface area contributed by atoms with Gasteiger partial charge in [-0.1, -0.05) is 12.2 Å². The number of rotatable bonds is 1. The number of hydrogen-bond acceptors (Lipinski definition) is 4. The number of nitrogens with zero attached hydrogens (tertiary/aromatic N) is 2. The molecule has 110 valence electrons. The van der Waals surface area contributed by atoms with Crippen LogP contribution in [0.25, 0.3) is 0 Å². The smallest absolute Gasteiger partial charge is 0.238 e. The summed E-state index contributed by atoms with van der Waals surface area (Å²) in [6.45, 7) is 0. The fourth-order valence-electron chi connectivity index (χ4n) is 4.77. The van der Waals surface area contributed by atoms with Gasteiger partial charge in [0.2, 0.25) is 11.8 Å². The van der Waals surface area contributed by atoms with Crippen LogP contribution in [0.4, 0.5) is 5.00 Å². The van der Waals surface area contributed by atoms with Crippen molar-refractivity contribution in [2.75, 3.05) is 4.90 Å². The van der Waals surface area contributed by atoms with Gasteiger partial charge in [-0.05, 0) is 43.1 Å². The molecular weight excluding hydrogens is 296 g/mol. The van der Waals surface area contributed by atoms with E-state index in [-0.39, 0.29) is 35.5 Å². The number of nitriles is 1. The van der Waals surface area contributed by atoms with Crippen molar-refractivity contribution in [2.45, 2.75) is 25.7 Å². The lowest BCUT2D eigenvalue weighted by Gasteiger charge is -2.16. The minimum atomic E-state index is -0.189. The molecule has 0 aromatic carbocycles. The van der Waals surface area contributed by atoms with Gasteiger partial charge in [-0.25, -0.2) is 4.90 Å². The number of amides is 2. The summed E-state index contributed by atoms with van der Waals surface area (Å²) in [5.41, 5.74) is 1.64. The Balaban J connectivity index is 1.62. The van der Waals surface area contributed by atoms with Gasteiger partial charge in [0.15, 0.2) is 0 Å². The SMILES string of the molecule is N#Cc1c(N2C(=O)[C@@H]3[C@H](C2=O)[C@H]2C=C[C@H]3C2)sc2c1CCC2. The van der Waals surface area contributed by atoms with Crippen LogP contribution in [0.1, 0.15) is 28.8 Å². The molecule has 2 bridgehead atoms. The average molecular weight is 310 g/mol. The Morgan fingerprint density at radius 1 is 1.14 bits per heavy atom. The van der Waals surface area contributed by atoms with Gasteiger partial charge in [0.05, 0.1) is 17.4 Å². The van der Waals surface area contributed by atoms with E-state index in [2.05, 4.69) is 18.2 Å². The summed E-state index contributed by atoms with van der Waals surface area (Å²) < 4.78 is 0. The monoisotopic (exact) mass is 310 g/mol. The van der Waals surface area contributed by atoms with Crippen molar-refractivity contribution in [3.63, 3.8) is 0 Å². The number of thiophene rings is 1. The van der Waals surface area contributed by atoms with Crippen molar-refractivity contribution in [1.29, 1.82) is 5.26 Å². The van der Waals surface area contributed by atoms with Crippen molar-refractivity contribution in [3.05, 3.63) is 28.2 Å². The van der Waals surface area contributed by atoms with Crippen LogP contribution in [0.3, 0.4) is 0 Å². The van der Waals surface area contributed by atoms with Gasteiger partial charge in [-0.2, -0.15) is 5.26 Å². The lowest BCUT2D eigenvalue weighted by atomic mass is 9.85. The van der Waals surface area contributed by atoms with E-state index in [1.807, 2.05) is 0 Å². The number of fused-ring (bicyclic) bond motifs is 6. The van der Waals surface area contributed by atoms with Crippen molar-refractivity contribution in [2.24, 2.45) is 23.7 Å². The molecule has 22 heavy (non-hydrogen) atoms. The van der Waals surface area contributed by atoms with E-state index in [0.29, 0.717) is 10.6 Å². The summed E-state index contributed by atoms with van der Waals surface area (Å²) in [7, 11) is 0. The van der Waals surface area contributed by atoms with E-state index in [1.165, 1.54) is 21.1 Å². The molecule has 5 rings (SSSR count). The lowest BCUT2D eigenvalue weighted by molar-refractivity contribution is -0.123. The molecule has 3 aliphatic carbocycles. The quantitative estimate of drug-likeness (QED) is 0.591. The number of aryl methyl sites for hydroxylation is 1. The molecule has 5 heteroatoms. The van der Waals surface area contributed by atoms with Gasteiger partial charge in [-0.3, -0.25) is 9.59 Å². The third-order valence-corrected chi connectivity index (χ3v) is 6.96. The normalized spacial score (nSPS) is 34.4. The Labute approximate surface area is 132 Å². The number of anilines is 1. The van der Waals surface area contributed by atoms with E-state index < -0.39 is 0 Å². The summed E-state index contributed by atoms with van der Waals surface area (Å²) in [6.07, 6.45) is 8.06. The van der Waals surface area contributed by atoms with Gasteiger partial charge in [0, 0.05) is 4.88 Å². The first-order chi connectivity index (χ1) is 10.7. The Morgan fingerprint density at radius 2 is 1.82 bits per heavy atom. The Morgan fingerprint density at radius 3 is 2.45 bits per heavy atom. The first-order valence-electron chi connectivity index (χ1n) is 7.81. The summed E-state index contributed by atoms with van der Waals surface area (Å²) >= 11 is 1.48. The molecule has 1 aromatic rings. The second-order valence-corrected chi connectivity index (χ2v) is 7.74. The minimum Gasteiger partial charge on any atom is -0.274 e. The Hall–Kier alpha value is -1.93. The molecule has 4 aliphatic rings. The van der Waals surface area contributed by atoms with Gasteiger partial charge >= 0.3 is 0 Å². The fraction of sp³-hybridized carbons (Fsp3) is 0.471. The Bertz CT molecular complexity index is 770. The van der Waals surface area contributed by atoms with Crippen LogP contribution in [0.15, 0.2) is 12.2 Å². The lowest BCUT2D eigenvalue weighted by Crippen LogP contribution is -2.32. The standard InChI is InChI=1S/C17H14N2O2S/c18-7-11-10-2-1-3-12(10)22-17(11)19-15(20)13-8-4-5-9(6-8)14(13)16(19)21/h4-5,8-9,13-14H,1-3,6H2/t8-,9-,13-,14+/m0/s1. The van der Waals surface area contributed by atoms with E-state index in [1.54, 1.807) is 0 Å². The van der Waals surface area contributed by atoms with Crippen molar-refractivity contribution >= 4 is 28.2 Å². The predicted molar refractivity (Wildman–Crippen MR) is 81.3 cm³/mol. The number of carbonyl (C=O) groups excluding carboxylic acids is 2. The molecule has 2 heterocycles. The summed E-state index contributed by atoms with van der Waals surface area (Å²) in [5, 5.41) is 10.1. The zero-order valence-electron chi connectivity index (χ0n) is 11.9. The summed E-state index contributed by atoms with van der Waals surface area (Å²) in [4.78, 5) is 28.2. The van der Waals surface area contributed by atoms with Crippen LogP contribution in [0.2, 0.25) is 0 Å². The van der Waals surface area contributed by atoms with E-state index in [9.17, 15) is 14.9 Å². The van der Waals surface area contributed by atoms with Crippen LogP contribution >= 0.6 is 11.3 Å². The van der Waals surface area contributed by atoms with Crippen molar-refractivity contribution < 1.29 is 9.59 Å². The molecule has 1 aromatic heterocycles. The highest BCUT2D eigenvalue weighted by atomic mass is 32.1. The van der Waals surface area contributed by atoms with Crippen LogP contribution < -0.4 is 4.90 Å². The maximum Gasteiger partial charge on any atom is 0.238 e. The molecule has 1 saturated heterocycles. The topological polar surface area (TPSA) is 61.2 Å². The zero-order chi connectivity index (χ0) is 15.0. The van der Waals surface area contributed by atoms with Crippen LogP contribution in [-0.2, 0) is 22.4 Å². The summed E-state index contributed by atoms with van der Waals surface area (Å²) in [6, 6.07) is 2.25. The maximum absolute atomic E-state index is 12.9. The minimum absolute atomic E-state index is 0.0803. The molecule has 4 nitrogen and oxygen atoms in total. The molecule has 2 fully saturated rings. The molecule has 0 N–H and O–H groups in total. The second kappa shape index (κ2) is 4.08. The molecule has 0 unspecified atom stereocenters. The molecule has 4 atom stereocenters. The van der Waals surface area contributed by atoms with Gasteiger partial charge in [-0.15, -0.1) is 11.3 Å². The molecule has 2 amide bonds. The zero-order valence-corrected chi connectivity index (χ0v) is 12.7. The van der Waals surface area contributed by atoms with Gasteiger partial charge < -0.3 is 0 Å². The molecule has 0 radical (unpaired) electrons. The third-order valence-electron chi connectivity index (χ3n) is 5.69. The van der Waals surface area contributed by atoms with Crippen LogP contribution in [0.5, 0.6) is 0 Å². The van der Waals surface area contributed by atoms with Crippen LogP contribution in [-0.4, -0.2) is 11.8 Å². The van der Waals surface area contributed by atoms with E-state index in [0.717, 1.165) is 31.2 Å². The highest BCUT2D eigenvalue weighted by Gasteiger charge is 2.60.